The summed E-state index contributed by atoms with van der Waals surface area (Å²) >= 11 is 9.91. The van der Waals surface area contributed by atoms with Crippen molar-refractivity contribution in [2.24, 2.45) is 17.3 Å². The van der Waals surface area contributed by atoms with Crippen molar-refractivity contribution in [2.75, 3.05) is 0 Å². The molecule has 0 aromatic carbocycles. The maximum Gasteiger partial charge on any atom is 0.320 e. The highest BCUT2D eigenvalue weighted by Gasteiger charge is 2.66. The lowest BCUT2D eigenvalue weighted by Crippen LogP contribution is -2.65. The summed E-state index contributed by atoms with van der Waals surface area (Å²) in [6, 6.07) is 0. The van der Waals surface area contributed by atoms with Gasteiger partial charge < -0.3 is 10.2 Å². The standard InChI is InChI=1S/C26H48O4S2/c1-5-9-14-20(7-3)18-25(31,22(27)28)24(16-12-11-13-17-24)26(32,23(29)30)19-21(8-4)15-10-6-2/h20-21,31-32H,5-19H2,1-4H3,(H,27,28)(H,29,30). The molecule has 0 heterocycles. The Kier molecular flexibility index (Phi) is 12.5. The van der Waals surface area contributed by atoms with Gasteiger partial charge >= 0.3 is 11.9 Å². The Balaban J connectivity index is 3.55. The minimum atomic E-state index is -1.41. The predicted molar refractivity (Wildman–Crippen MR) is 140 cm³/mol. The Labute approximate surface area is 207 Å². The molecule has 1 aliphatic carbocycles. The number of hydrogen-bond donors (Lipinski definition) is 4. The fraction of sp³-hybridized carbons (Fsp3) is 0.923. The molecule has 1 rings (SSSR count). The summed E-state index contributed by atoms with van der Waals surface area (Å²) in [7, 11) is 0. The topological polar surface area (TPSA) is 74.6 Å². The number of aliphatic carboxylic acids is 2. The van der Waals surface area contributed by atoms with E-state index in [0.29, 0.717) is 25.7 Å². The van der Waals surface area contributed by atoms with Crippen molar-refractivity contribution in [3.05, 3.63) is 0 Å². The molecule has 0 aliphatic heterocycles. The summed E-state index contributed by atoms with van der Waals surface area (Å²) in [6.07, 6.45) is 12.5. The van der Waals surface area contributed by atoms with Gasteiger partial charge in [-0.3, -0.25) is 9.59 Å². The largest absolute Gasteiger partial charge is 0.480 e. The lowest BCUT2D eigenvalue weighted by Gasteiger charge is -2.56. The lowest BCUT2D eigenvalue weighted by molar-refractivity contribution is -0.155. The summed E-state index contributed by atoms with van der Waals surface area (Å²) in [4.78, 5) is 25.9. The van der Waals surface area contributed by atoms with Crippen LogP contribution in [0.1, 0.15) is 124 Å². The van der Waals surface area contributed by atoms with Gasteiger partial charge in [-0.05, 0) is 37.5 Å². The molecule has 2 N–H and O–H groups in total. The second-order valence-corrected chi connectivity index (χ2v) is 11.7. The average molecular weight is 489 g/mol. The molecule has 32 heavy (non-hydrogen) atoms. The predicted octanol–water partition coefficient (Wildman–Crippen LogP) is 7.66. The monoisotopic (exact) mass is 488 g/mol. The van der Waals surface area contributed by atoms with Crippen molar-refractivity contribution in [3.63, 3.8) is 0 Å². The van der Waals surface area contributed by atoms with Gasteiger partial charge in [-0.2, -0.15) is 25.3 Å². The number of carboxylic acids is 2. The number of rotatable bonds is 16. The van der Waals surface area contributed by atoms with Crippen molar-refractivity contribution < 1.29 is 19.8 Å². The van der Waals surface area contributed by atoms with E-state index in [1.807, 2.05) is 0 Å². The summed E-state index contributed by atoms with van der Waals surface area (Å²) < 4.78 is -2.82. The van der Waals surface area contributed by atoms with E-state index in [4.69, 9.17) is 25.3 Å². The molecular weight excluding hydrogens is 440 g/mol. The van der Waals surface area contributed by atoms with Crippen molar-refractivity contribution >= 4 is 37.2 Å². The summed E-state index contributed by atoms with van der Waals surface area (Å²) in [5, 5.41) is 21.2. The molecule has 0 bridgehead atoms. The maximum atomic E-state index is 12.9. The van der Waals surface area contributed by atoms with Crippen molar-refractivity contribution in [1.82, 2.24) is 0 Å². The molecule has 1 saturated carbocycles. The Morgan fingerprint density at radius 1 is 0.781 bits per heavy atom. The quantitative estimate of drug-likeness (QED) is 0.168. The second kappa shape index (κ2) is 13.5. The molecule has 0 aromatic rings. The van der Waals surface area contributed by atoms with Crippen LogP contribution in [0, 0.1) is 17.3 Å². The SMILES string of the molecule is CCCCC(CC)CC(S)(C(=O)O)C1(C(S)(CC(CC)CCCC)C(=O)O)CCCCC1. The zero-order valence-electron chi connectivity index (χ0n) is 20.9. The number of carbonyl (C=O) groups is 2. The zero-order valence-corrected chi connectivity index (χ0v) is 22.7. The van der Waals surface area contributed by atoms with Crippen molar-refractivity contribution in [1.29, 1.82) is 0 Å². The average Bonchev–Trinajstić information content (AvgIpc) is 2.78. The van der Waals surface area contributed by atoms with Gasteiger partial charge in [0.05, 0.1) is 0 Å². The van der Waals surface area contributed by atoms with Gasteiger partial charge in [0, 0.05) is 5.41 Å². The van der Waals surface area contributed by atoms with E-state index < -0.39 is 26.8 Å². The van der Waals surface area contributed by atoms with Crippen LogP contribution in [0.5, 0.6) is 0 Å². The molecular formula is C26H48O4S2. The molecule has 0 spiro atoms. The molecule has 1 aliphatic rings. The van der Waals surface area contributed by atoms with E-state index in [9.17, 15) is 19.8 Å². The summed E-state index contributed by atoms with van der Waals surface area (Å²) in [5.74, 6) is -1.51. The summed E-state index contributed by atoms with van der Waals surface area (Å²) in [6.45, 7) is 8.50. The van der Waals surface area contributed by atoms with E-state index in [0.717, 1.165) is 70.6 Å². The number of thiol groups is 2. The highest BCUT2D eigenvalue weighted by atomic mass is 32.1. The smallest absolute Gasteiger partial charge is 0.320 e. The second-order valence-electron chi connectivity index (χ2n) is 10.2. The van der Waals surface area contributed by atoms with Gasteiger partial charge in [0.1, 0.15) is 9.49 Å². The minimum absolute atomic E-state index is 0.218. The Hall–Kier alpha value is -0.360. The number of unbranched alkanes of at least 4 members (excludes halogenated alkanes) is 2. The lowest BCUT2D eigenvalue weighted by atomic mass is 9.54. The van der Waals surface area contributed by atoms with Crippen LogP contribution in [-0.2, 0) is 9.59 Å². The number of carboxylic acid groups (broad SMARTS) is 2. The molecule has 0 saturated heterocycles. The van der Waals surface area contributed by atoms with E-state index >= 15 is 0 Å². The zero-order chi connectivity index (χ0) is 24.4. The first-order valence-electron chi connectivity index (χ1n) is 13.0. The normalized spacial score (nSPS) is 21.8. The number of hydrogen-bond acceptors (Lipinski definition) is 4. The Bertz CT molecular complexity index is 546. The molecule has 0 amide bonds. The first-order chi connectivity index (χ1) is 15.1. The van der Waals surface area contributed by atoms with Gasteiger partial charge in [-0.15, -0.1) is 0 Å². The van der Waals surface area contributed by atoms with Crippen molar-refractivity contribution in [3.8, 4) is 0 Å². The van der Waals surface area contributed by atoms with Gasteiger partial charge in [0.15, 0.2) is 0 Å². The third-order valence-electron chi connectivity index (χ3n) is 8.25. The van der Waals surface area contributed by atoms with Crippen LogP contribution >= 0.6 is 25.3 Å². The van der Waals surface area contributed by atoms with Crippen LogP contribution in [0.3, 0.4) is 0 Å². The molecule has 4 nitrogen and oxygen atoms in total. The third kappa shape index (κ3) is 6.40. The Morgan fingerprint density at radius 2 is 1.16 bits per heavy atom. The molecule has 6 heteroatoms. The van der Waals surface area contributed by atoms with Crippen LogP contribution in [0.15, 0.2) is 0 Å². The van der Waals surface area contributed by atoms with Crippen LogP contribution in [0.25, 0.3) is 0 Å². The van der Waals surface area contributed by atoms with Gasteiger partial charge in [0.2, 0.25) is 0 Å². The fourth-order valence-electron chi connectivity index (χ4n) is 6.02. The highest BCUT2D eigenvalue weighted by Crippen LogP contribution is 2.61. The molecule has 4 unspecified atom stereocenters. The van der Waals surface area contributed by atoms with Crippen molar-refractivity contribution in [2.45, 2.75) is 134 Å². The summed E-state index contributed by atoms with van der Waals surface area (Å²) in [5.41, 5.74) is -0.985. The third-order valence-corrected chi connectivity index (χ3v) is 9.86. The van der Waals surface area contributed by atoms with Crippen LogP contribution < -0.4 is 0 Å². The van der Waals surface area contributed by atoms with Crippen LogP contribution in [0.4, 0.5) is 0 Å². The maximum absolute atomic E-state index is 12.9. The molecule has 188 valence electrons. The Morgan fingerprint density at radius 3 is 1.44 bits per heavy atom. The van der Waals surface area contributed by atoms with Crippen LogP contribution in [0.2, 0.25) is 0 Å². The fourth-order valence-corrected chi connectivity index (χ4v) is 7.46. The van der Waals surface area contributed by atoms with E-state index in [2.05, 4.69) is 27.7 Å². The van der Waals surface area contributed by atoms with E-state index in [-0.39, 0.29) is 11.8 Å². The van der Waals surface area contributed by atoms with Gasteiger partial charge in [-0.25, -0.2) is 0 Å². The van der Waals surface area contributed by atoms with E-state index in [1.54, 1.807) is 0 Å². The molecule has 1 fully saturated rings. The van der Waals surface area contributed by atoms with Crippen LogP contribution in [-0.4, -0.2) is 31.6 Å². The first kappa shape index (κ1) is 29.7. The first-order valence-corrected chi connectivity index (χ1v) is 13.9. The molecule has 4 atom stereocenters. The van der Waals surface area contributed by atoms with Gasteiger partial charge in [0.25, 0.3) is 0 Å². The molecule has 0 aromatic heterocycles. The molecule has 0 radical (unpaired) electrons. The van der Waals surface area contributed by atoms with E-state index in [1.165, 1.54) is 0 Å². The minimum Gasteiger partial charge on any atom is -0.480 e. The van der Waals surface area contributed by atoms with Gasteiger partial charge in [-0.1, -0.05) is 98.3 Å². The highest BCUT2D eigenvalue weighted by molar-refractivity contribution is 7.84.